The first-order valence-electron chi connectivity index (χ1n) is 9.74. The first-order chi connectivity index (χ1) is 14.5. The van der Waals surface area contributed by atoms with Crippen molar-refractivity contribution in [2.24, 2.45) is 5.73 Å². The Hall–Kier alpha value is -3.94. The van der Waals surface area contributed by atoms with Gasteiger partial charge in [-0.2, -0.15) is 5.10 Å². The monoisotopic (exact) mass is 401 g/mol. The van der Waals surface area contributed by atoms with Gasteiger partial charge in [-0.05, 0) is 42.8 Å². The van der Waals surface area contributed by atoms with Crippen LogP contribution in [0.3, 0.4) is 0 Å². The maximum Gasteiger partial charge on any atom is 0.277 e. The van der Waals surface area contributed by atoms with Gasteiger partial charge in [-0.25, -0.2) is 4.68 Å². The largest absolute Gasteiger partial charge is 0.364 e. The number of rotatable bonds is 4. The maximum atomic E-state index is 13.4. The summed E-state index contributed by atoms with van der Waals surface area (Å²) < 4.78 is 1.50. The molecule has 0 aliphatic carbocycles. The summed E-state index contributed by atoms with van der Waals surface area (Å²) in [6.07, 6.45) is 1.04. The molecule has 0 atom stereocenters. The standard InChI is InChI=1S/C22H19N5O3/c23-21(29)19-17-10-12-26(15-8-6-14(7-9-15)25-13-11-18(25)28)22(30)20(17)27(24-19)16-4-2-1-3-5-16/h1-9H,10-13H2,(H2,23,29). The predicted molar refractivity (Wildman–Crippen MR) is 111 cm³/mol. The van der Waals surface area contributed by atoms with Gasteiger partial charge in [0.05, 0.1) is 5.69 Å². The van der Waals surface area contributed by atoms with Gasteiger partial charge in [0.1, 0.15) is 5.69 Å². The highest BCUT2D eigenvalue weighted by atomic mass is 16.2. The Morgan fingerprint density at radius 1 is 0.833 bits per heavy atom. The van der Waals surface area contributed by atoms with E-state index < -0.39 is 5.91 Å². The molecular formula is C22H19N5O3. The van der Waals surface area contributed by atoms with Gasteiger partial charge in [0.2, 0.25) is 5.91 Å². The van der Waals surface area contributed by atoms with Crippen LogP contribution in [0, 0.1) is 0 Å². The average molecular weight is 401 g/mol. The topological polar surface area (TPSA) is 102 Å². The zero-order valence-corrected chi connectivity index (χ0v) is 16.1. The Morgan fingerprint density at radius 2 is 1.47 bits per heavy atom. The van der Waals surface area contributed by atoms with E-state index >= 15 is 0 Å². The van der Waals surface area contributed by atoms with Crippen LogP contribution >= 0.6 is 0 Å². The van der Waals surface area contributed by atoms with E-state index in [-0.39, 0.29) is 17.5 Å². The Balaban J connectivity index is 1.53. The van der Waals surface area contributed by atoms with Crippen LogP contribution in [0.2, 0.25) is 0 Å². The minimum atomic E-state index is -0.647. The van der Waals surface area contributed by atoms with E-state index in [1.54, 1.807) is 9.80 Å². The quantitative estimate of drug-likeness (QED) is 0.675. The van der Waals surface area contributed by atoms with Crippen molar-refractivity contribution in [3.05, 3.63) is 71.5 Å². The molecule has 2 aliphatic heterocycles. The number of para-hydroxylation sites is 1. The second-order valence-electron chi connectivity index (χ2n) is 7.31. The lowest BCUT2D eigenvalue weighted by Gasteiger charge is -2.32. The molecule has 8 heteroatoms. The van der Waals surface area contributed by atoms with Crippen molar-refractivity contribution >= 4 is 29.1 Å². The van der Waals surface area contributed by atoms with E-state index in [9.17, 15) is 14.4 Å². The lowest BCUT2D eigenvalue weighted by molar-refractivity contribution is -0.122. The summed E-state index contributed by atoms with van der Waals surface area (Å²) in [5.41, 5.74) is 8.82. The SMILES string of the molecule is NC(=O)c1nn(-c2ccccc2)c2c1CCN(c1ccc(N3CCC3=O)cc1)C2=O. The number of primary amides is 1. The van der Waals surface area contributed by atoms with E-state index in [0.717, 1.165) is 17.9 Å². The zero-order chi connectivity index (χ0) is 20.8. The lowest BCUT2D eigenvalue weighted by atomic mass is 10.0. The molecule has 0 spiro atoms. The third-order valence-corrected chi connectivity index (χ3v) is 5.57. The number of aromatic nitrogens is 2. The number of carbonyl (C=O) groups is 3. The van der Waals surface area contributed by atoms with Crippen LogP contribution < -0.4 is 15.5 Å². The minimum absolute atomic E-state index is 0.104. The molecule has 3 aromatic rings. The van der Waals surface area contributed by atoms with E-state index in [0.29, 0.717) is 36.3 Å². The number of carbonyl (C=O) groups excluding carboxylic acids is 3. The van der Waals surface area contributed by atoms with Crippen LogP contribution in [-0.2, 0) is 11.2 Å². The number of hydrogen-bond donors (Lipinski definition) is 1. The van der Waals surface area contributed by atoms with Gasteiger partial charge < -0.3 is 15.5 Å². The zero-order valence-electron chi connectivity index (χ0n) is 16.1. The van der Waals surface area contributed by atoms with Crippen LogP contribution in [-0.4, -0.2) is 40.6 Å². The summed E-state index contributed by atoms with van der Waals surface area (Å²) in [7, 11) is 0. The van der Waals surface area contributed by atoms with Gasteiger partial charge in [-0.15, -0.1) is 0 Å². The van der Waals surface area contributed by atoms with Crippen molar-refractivity contribution in [3.63, 3.8) is 0 Å². The lowest BCUT2D eigenvalue weighted by Crippen LogP contribution is -2.43. The first kappa shape index (κ1) is 18.1. The van der Waals surface area contributed by atoms with Crippen LogP contribution in [0.5, 0.6) is 0 Å². The number of anilines is 2. The number of benzene rings is 2. The second-order valence-corrected chi connectivity index (χ2v) is 7.31. The fourth-order valence-electron chi connectivity index (χ4n) is 3.96. The highest BCUT2D eigenvalue weighted by molar-refractivity contribution is 6.09. The van der Waals surface area contributed by atoms with Crippen LogP contribution in [0.1, 0.15) is 33.0 Å². The molecule has 3 amide bonds. The highest BCUT2D eigenvalue weighted by Crippen LogP contribution is 2.30. The predicted octanol–water partition coefficient (Wildman–Crippen LogP) is 1.91. The third kappa shape index (κ3) is 2.76. The summed E-state index contributed by atoms with van der Waals surface area (Å²) >= 11 is 0. The molecule has 1 saturated heterocycles. The Bertz CT molecular complexity index is 1170. The Morgan fingerprint density at radius 3 is 2.03 bits per heavy atom. The molecule has 0 saturated carbocycles. The molecule has 30 heavy (non-hydrogen) atoms. The number of β-lactam (4-membered cyclic amide) rings is 1. The van der Waals surface area contributed by atoms with Gasteiger partial charge in [0.25, 0.3) is 11.8 Å². The van der Waals surface area contributed by atoms with Crippen molar-refractivity contribution < 1.29 is 14.4 Å². The molecule has 2 N–H and O–H groups in total. The fraction of sp³-hybridized carbons (Fsp3) is 0.182. The van der Waals surface area contributed by atoms with Gasteiger partial charge in [-0.1, -0.05) is 18.2 Å². The number of amides is 3. The third-order valence-electron chi connectivity index (χ3n) is 5.57. The molecule has 3 heterocycles. The Labute approximate surface area is 172 Å². The summed E-state index contributed by atoms with van der Waals surface area (Å²) in [6, 6.07) is 16.6. The number of hydrogen-bond acceptors (Lipinski definition) is 4. The van der Waals surface area contributed by atoms with Crippen LogP contribution in [0.4, 0.5) is 11.4 Å². The molecule has 1 fully saturated rings. The van der Waals surface area contributed by atoms with Crippen LogP contribution in [0.25, 0.3) is 5.69 Å². The molecule has 8 nitrogen and oxygen atoms in total. The fourth-order valence-corrected chi connectivity index (χ4v) is 3.96. The van der Waals surface area contributed by atoms with E-state index in [1.807, 2.05) is 54.6 Å². The number of nitrogens with zero attached hydrogens (tertiary/aromatic N) is 4. The normalized spacial score (nSPS) is 15.7. The maximum absolute atomic E-state index is 13.4. The second kappa shape index (κ2) is 6.84. The molecule has 1 aromatic heterocycles. The molecule has 5 rings (SSSR count). The molecule has 2 aromatic carbocycles. The van der Waals surface area contributed by atoms with Gasteiger partial charge in [0, 0.05) is 36.4 Å². The van der Waals surface area contributed by atoms with E-state index in [1.165, 1.54) is 4.68 Å². The van der Waals surface area contributed by atoms with Crippen molar-refractivity contribution in [3.8, 4) is 5.69 Å². The van der Waals surface area contributed by atoms with Crippen molar-refractivity contribution in [2.75, 3.05) is 22.9 Å². The molecule has 2 aliphatic rings. The van der Waals surface area contributed by atoms with Crippen LogP contribution in [0.15, 0.2) is 54.6 Å². The summed E-state index contributed by atoms with van der Waals surface area (Å²) in [5.74, 6) is -0.786. The smallest absolute Gasteiger partial charge is 0.277 e. The van der Waals surface area contributed by atoms with Gasteiger partial charge >= 0.3 is 0 Å². The van der Waals surface area contributed by atoms with Crippen molar-refractivity contribution in [1.29, 1.82) is 0 Å². The number of fused-ring (bicyclic) bond motifs is 1. The van der Waals surface area contributed by atoms with Crippen molar-refractivity contribution in [1.82, 2.24) is 9.78 Å². The molecular weight excluding hydrogens is 382 g/mol. The van der Waals surface area contributed by atoms with Gasteiger partial charge in [0.15, 0.2) is 5.69 Å². The summed E-state index contributed by atoms with van der Waals surface area (Å²) in [4.78, 5) is 40.4. The number of nitrogens with two attached hydrogens (primary N) is 1. The Kier molecular flexibility index (Phi) is 4.13. The van der Waals surface area contributed by atoms with E-state index in [2.05, 4.69) is 5.10 Å². The summed E-state index contributed by atoms with van der Waals surface area (Å²) in [5, 5.41) is 4.35. The molecule has 0 unspecified atom stereocenters. The molecule has 0 bridgehead atoms. The molecule has 150 valence electrons. The molecule has 0 radical (unpaired) electrons. The summed E-state index contributed by atoms with van der Waals surface area (Å²) in [6.45, 7) is 1.13. The minimum Gasteiger partial charge on any atom is -0.364 e. The average Bonchev–Trinajstić information content (AvgIpc) is 3.15. The first-order valence-corrected chi connectivity index (χ1v) is 9.74. The highest BCUT2D eigenvalue weighted by Gasteiger charge is 2.34. The van der Waals surface area contributed by atoms with Crippen molar-refractivity contribution in [2.45, 2.75) is 12.8 Å². The van der Waals surface area contributed by atoms with E-state index in [4.69, 9.17) is 5.73 Å². The van der Waals surface area contributed by atoms with Gasteiger partial charge in [-0.3, -0.25) is 14.4 Å².